The van der Waals surface area contributed by atoms with Gasteiger partial charge in [-0.2, -0.15) is 0 Å². The Morgan fingerprint density at radius 3 is 2.67 bits per heavy atom. The lowest BCUT2D eigenvalue weighted by Gasteiger charge is -2.16. The van der Waals surface area contributed by atoms with E-state index in [0.29, 0.717) is 16.7 Å². The molecular formula is C15H15N5O4. The molecule has 0 aliphatic heterocycles. The van der Waals surface area contributed by atoms with Gasteiger partial charge in [0.05, 0.1) is 28.9 Å². The third kappa shape index (κ3) is 2.65. The number of benzene rings is 1. The van der Waals surface area contributed by atoms with Crippen molar-refractivity contribution in [1.82, 2.24) is 19.6 Å². The lowest BCUT2D eigenvalue weighted by Crippen LogP contribution is -2.28. The molecule has 0 spiro atoms. The van der Waals surface area contributed by atoms with E-state index in [-0.39, 0.29) is 17.5 Å². The number of carbonyl (C=O) groups is 2. The number of hydrogen-bond donors (Lipinski definition) is 2. The smallest absolute Gasteiger partial charge is 0.335 e. The van der Waals surface area contributed by atoms with E-state index in [2.05, 4.69) is 15.2 Å². The quantitative estimate of drug-likeness (QED) is 0.711. The van der Waals surface area contributed by atoms with Crippen molar-refractivity contribution < 1.29 is 19.4 Å². The fraction of sp³-hybridized carbons (Fsp3) is 0.267. The number of rotatable bonds is 5. The molecule has 2 aromatic heterocycles. The van der Waals surface area contributed by atoms with E-state index >= 15 is 0 Å². The van der Waals surface area contributed by atoms with E-state index in [0.717, 1.165) is 0 Å². The maximum atomic E-state index is 11.8. The van der Waals surface area contributed by atoms with Gasteiger partial charge in [0.1, 0.15) is 0 Å². The van der Waals surface area contributed by atoms with Gasteiger partial charge in [-0.3, -0.25) is 14.2 Å². The van der Waals surface area contributed by atoms with Crippen molar-refractivity contribution in [2.75, 3.05) is 0 Å². The van der Waals surface area contributed by atoms with E-state index in [9.17, 15) is 14.7 Å². The van der Waals surface area contributed by atoms with Crippen LogP contribution in [0.4, 0.5) is 0 Å². The first-order valence-electron chi connectivity index (χ1n) is 7.20. The second-order valence-corrected chi connectivity index (χ2v) is 5.49. The molecule has 1 unspecified atom stereocenters. The minimum Gasteiger partial charge on any atom is -0.478 e. The van der Waals surface area contributed by atoms with Crippen LogP contribution >= 0.6 is 0 Å². The fourth-order valence-electron chi connectivity index (χ4n) is 2.41. The van der Waals surface area contributed by atoms with Crippen LogP contribution in [0.15, 0.2) is 24.4 Å². The third-order valence-corrected chi connectivity index (χ3v) is 3.40. The van der Waals surface area contributed by atoms with E-state index in [1.54, 1.807) is 19.9 Å². The van der Waals surface area contributed by atoms with Gasteiger partial charge in [-0.1, -0.05) is 0 Å². The molecule has 1 atom stereocenters. The van der Waals surface area contributed by atoms with Crippen LogP contribution in [-0.2, 0) is 9.53 Å². The summed E-state index contributed by atoms with van der Waals surface area (Å²) in [6.07, 6.45) is 0.101. The van der Waals surface area contributed by atoms with Crippen molar-refractivity contribution in [3.8, 4) is 0 Å². The van der Waals surface area contributed by atoms with Crippen LogP contribution in [0, 0.1) is 0 Å². The number of hydrogen-bond acceptors (Lipinski definition) is 6. The molecule has 2 heterocycles. The summed E-state index contributed by atoms with van der Waals surface area (Å²) in [5.74, 6) is -1.60. The van der Waals surface area contributed by atoms with Gasteiger partial charge in [-0.25, -0.2) is 4.79 Å². The van der Waals surface area contributed by atoms with Gasteiger partial charge in [0, 0.05) is 0 Å². The van der Waals surface area contributed by atoms with Crippen molar-refractivity contribution in [2.45, 2.75) is 26.1 Å². The van der Waals surface area contributed by atoms with Gasteiger partial charge in [0.25, 0.3) is 5.91 Å². The molecule has 1 amide bonds. The predicted octanol–water partition coefficient (Wildman–Crippen LogP) is 0.927. The van der Waals surface area contributed by atoms with Crippen LogP contribution < -0.4 is 5.73 Å². The highest BCUT2D eigenvalue weighted by atomic mass is 16.5. The van der Waals surface area contributed by atoms with Crippen LogP contribution in [0.25, 0.3) is 16.7 Å². The number of ether oxygens (including phenoxy) is 1. The zero-order chi connectivity index (χ0) is 17.4. The second-order valence-electron chi connectivity index (χ2n) is 5.49. The molecule has 9 nitrogen and oxygen atoms in total. The van der Waals surface area contributed by atoms with Gasteiger partial charge in [0.15, 0.2) is 17.6 Å². The summed E-state index contributed by atoms with van der Waals surface area (Å²) in [7, 11) is 0. The number of nitrogens with two attached hydrogens (primary N) is 1. The number of primary amides is 1. The van der Waals surface area contributed by atoms with Crippen molar-refractivity contribution >= 4 is 28.6 Å². The SMILES string of the molecule is CC(C)OC(C(N)=O)c1nnc2cnc3ccc(C(=O)O)cc3n12. The standard InChI is InChI=1S/C15H15N5O4/c1-7(2)24-12(13(16)21)14-19-18-11-6-17-9-4-3-8(15(22)23)5-10(9)20(11)14/h3-7,12H,1-2H3,(H2,16,21)(H,22,23). The first-order valence-corrected chi connectivity index (χ1v) is 7.20. The molecule has 1 aromatic carbocycles. The topological polar surface area (TPSA) is 133 Å². The zero-order valence-electron chi connectivity index (χ0n) is 13.0. The summed E-state index contributed by atoms with van der Waals surface area (Å²) in [6.45, 7) is 3.53. The second kappa shape index (κ2) is 5.85. The van der Waals surface area contributed by atoms with Crippen molar-refractivity contribution in [3.05, 3.63) is 35.8 Å². The largest absolute Gasteiger partial charge is 0.478 e. The summed E-state index contributed by atoms with van der Waals surface area (Å²) >= 11 is 0. The van der Waals surface area contributed by atoms with E-state index in [1.807, 2.05) is 0 Å². The summed E-state index contributed by atoms with van der Waals surface area (Å²) in [6, 6.07) is 4.46. The Morgan fingerprint density at radius 2 is 2.04 bits per heavy atom. The minimum atomic E-state index is -1.11. The monoisotopic (exact) mass is 329 g/mol. The van der Waals surface area contributed by atoms with Crippen molar-refractivity contribution in [1.29, 1.82) is 0 Å². The molecule has 0 radical (unpaired) electrons. The first kappa shape index (κ1) is 15.8. The molecule has 0 aliphatic carbocycles. The van der Waals surface area contributed by atoms with Crippen LogP contribution in [0.3, 0.4) is 0 Å². The Hall–Kier alpha value is -3.07. The Bertz CT molecular complexity index is 950. The molecule has 3 aromatic rings. The van der Waals surface area contributed by atoms with Gasteiger partial charge in [0.2, 0.25) is 0 Å². The summed E-state index contributed by atoms with van der Waals surface area (Å²) in [5, 5.41) is 17.2. The Balaban J connectivity index is 2.30. The van der Waals surface area contributed by atoms with Gasteiger partial charge in [-0.15, -0.1) is 10.2 Å². The molecular weight excluding hydrogens is 314 g/mol. The lowest BCUT2D eigenvalue weighted by molar-refractivity contribution is -0.133. The molecule has 124 valence electrons. The molecule has 0 aliphatic rings. The van der Waals surface area contributed by atoms with Crippen LogP contribution in [0.1, 0.15) is 36.1 Å². The average molecular weight is 329 g/mol. The fourth-order valence-corrected chi connectivity index (χ4v) is 2.41. The molecule has 24 heavy (non-hydrogen) atoms. The Morgan fingerprint density at radius 1 is 1.29 bits per heavy atom. The predicted molar refractivity (Wildman–Crippen MR) is 83.4 cm³/mol. The van der Waals surface area contributed by atoms with Crippen molar-refractivity contribution in [2.24, 2.45) is 5.73 Å². The number of nitrogens with zero attached hydrogens (tertiary/aromatic N) is 4. The van der Waals surface area contributed by atoms with E-state index in [4.69, 9.17) is 10.5 Å². The summed E-state index contributed by atoms with van der Waals surface area (Å²) in [4.78, 5) is 27.2. The minimum absolute atomic E-state index is 0.0804. The maximum Gasteiger partial charge on any atom is 0.335 e. The number of carbonyl (C=O) groups excluding carboxylic acids is 1. The number of fused-ring (bicyclic) bond motifs is 3. The number of carboxylic acid groups (broad SMARTS) is 1. The highest BCUT2D eigenvalue weighted by Gasteiger charge is 2.27. The average Bonchev–Trinajstić information content (AvgIpc) is 2.95. The van der Waals surface area contributed by atoms with Crippen LogP contribution in [0.5, 0.6) is 0 Å². The molecule has 3 N–H and O–H groups in total. The van der Waals surface area contributed by atoms with E-state index < -0.39 is 18.0 Å². The Labute approximate surface area is 136 Å². The van der Waals surface area contributed by atoms with Crippen LogP contribution in [0.2, 0.25) is 0 Å². The maximum absolute atomic E-state index is 11.8. The van der Waals surface area contributed by atoms with Crippen LogP contribution in [-0.4, -0.2) is 42.7 Å². The first-order chi connectivity index (χ1) is 11.4. The zero-order valence-corrected chi connectivity index (χ0v) is 13.0. The molecule has 9 heteroatoms. The molecule has 3 rings (SSSR count). The number of carboxylic acids is 1. The number of aromatic nitrogens is 4. The van der Waals surface area contributed by atoms with E-state index in [1.165, 1.54) is 22.7 Å². The van der Waals surface area contributed by atoms with Gasteiger partial charge in [-0.05, 0) is 32.0 Å². The molecule has 0 saturated heterocycles. The highest BCUT2D eigenvalue weighted by molar-refractivity contribution is 5.93. The Kier molecular flexibility index (Phi) is 3.86. The number of amides is 1. The lowest BCUT2D eigenvalue weighted by atomic mass is 10.2. The van der Waals surface area contributed by atoms with Gasteiger partial charge >= 0.3 is 5.97 Å². The van der Waals surface area contributed by atoms with Gasteiger partial charge < -0.3 is 15.6 Å². The number of aromatic carboxylic acids is 1. The molecule has 0 fully saturated rings. The molecule has 0 saturated carbocycles. The third-order valence-electron chi connectivity index (χ3n) is 3.40. The highest BCUT2D eigenvalue weighted by Crippen LogP contribution is 2.23. The molecule has 0 bridgehead atoms. The summed E-state index contributed by atoms with van der Waals surface area (Å²) < 4.78 is 7.09. The normalized spacial score (nSPS) is 12.8. The summed E-state index contributed by atoms with van der Waals surface area (Å²) in [5.41, 5.74) is 6.85. The van der Waals surface area contributed by atoms with Crippen molar-refractivity contribution in [3.63, 3.8) is 0 Å².